The Morgan fingerprint density at radius 3 is 2.53 bits per heavy atom. The van der Waals surface area contributed by atoms with Gasteiger partial charge in [0.1, 0.15) is 17.3 Å². The number of hydrogen-bond donors (Lipinski definition) is 2. The number of benzene rings is 2. The van der Waals surface area contributed by atoms with E-state index in [1.54, 1.807) is 42.5 Å². The monoisotopic (exact) mass is 473 g/mol. The van der Waals surface area contributed by atoms with Gasteiger partial charge in [-0.2, -0.15) is 0 Å². The molecule has 1 amide bonds. The molecule has 0 saturated carbocycles. The van der Waals surface area contributed by atoms with Crippen molar-refractivity contribution in [3.63, 3.8) is 0 Å². The summed E-state index contributed by atoms with van der Waals surface area (Å²) in [5.41, 5.74) is 2.11. The fourth-order valence-electron chi connectivity index (χ4n) is 3.31. The normalized spacial score (nSPS) is 14.2. The first-order valence-electron chi connectivity index (χ1n) is 11.1. The minimum absolute atomic E-state index is 0.0203. The van der Waals surface area contributed by atoms with E-state index in [2.05, 4.69) is 5.32 Å². The van der Waals surface area contributed by atoms with E-state index in [0.29, 0.717) is 33.2 Å². The number of aromatic hydroxyl groups is 1. The van der Waals surface area contributed by atoms with E-state index < -0.39 is 5.91 Å². The molecule has 2 aromatic carbocycles. The number of allylic oxidation sites excluding steroid dienone is 4. The Balaban J connectivity index is 0.00000158. The van der Waals surface area contributed by atoms with Crippen molar-refractivity contribution < 1.29 is 19.1 Å². The summed E-state index contributed by atoms with van der Waals surface area (Å²) in [5, 5.41) is 13.0. The molecule has 6 heteroatoms. The van der Waals surface area contributed by atoms with Crippen LogP contribution in [-0.4, -0.2) is 16.8 Å². The molecule has 0 saturated heterocycles. The first-order chi connectivity index (χ1) is 16.5. The summed E-state index contributed by atoms with van der Waals surface area (Å²) in [6.45, 7) is 7.67. The summed E-state index contributed by atoms with van der Waals surface area (Å²) >= 11 is 1.42. The second-order valence-electron chi connectivity index (χ2n) is 7.07. The smallest absolute Gasteiger partial charge is 0.259 e. The van der Waals surface area contributed by atoms with E-state index in [1.807, 2.05) is 58.0 Å². The minimum Gasteiger partial charge on any atom is -0.507 e. The SMILES string of the molecule is C/C=C\C(=C/C)NC(=O)c1cc(-c2ccc(/C=C3\Sc4ccccc4C3=O)o2)ccc1O.CC. The zero-order chi connectivity index (χ0) is 24.7. The van der Waals surface area contributed by atoms with Crippen LogP contribution in [0.3, 0.4) is 0 Å². The summed E-state index contributed by atoms with van der Waals surface area (Å²) < 4.78 is 5.92. The van der Waals surface area contributed by atoms with Crippen LogP contribution in [0, 0.1) is 0 Å². The molecule has 0 aliphatic carbocycles. The molecule has 1 aromatic heterocycles. The van der Waals surface area contributed by atoms with Gasteiger partial charge >= 0.3 is 0 Å². The second-order valence-corrected chi connectivity index (χ2v) is 8.15. The number of carbonyl (C=O) groups excluding carboxylic acids is 2. The number of thioether (sulfide) groups is 1. The van der Waals surface area contributed by atoms with Crippen molar-refractivity contribution in [2.75, 3.05) is 0 Å². The zero-order valence-electron chi connectivity index (χ0n) is 19.6. The fraction of sp³-hybridized carbons (Fsp3) is 0.143. The number of carbonyl (C=O) groups is 2. The Morgan fingerprint density at radius 2 is 1.82 bits per heavy atom. The summed E-state index contributed by atoms with van der Waals surface area (Å²) in [5.74, 6) is 0.496. The molecule has 0 bridgehead atoms. The summed E-state index contributed by atoms with van der Waals surface area (Å²) in [7, 11) is 0. The number of ketones is 1. The fourth-order valence-corrected chi connectivity index (χ4v) is 4.34. The highest BCUT2D eigenvalue weighted by molar-refractivity contribution is 8.04. The van der Waals surface area contributed by atoms with Crippen LogP contribution in [0.2, 0.25) is 0 Å². The number of fused-ring (bicyclic) bond motifs is 1. The third-order valence-corrected chi connectivity index (χ3v) is 6.02. The van der Waals surface area contributed by atoms with Crippen LogP contribution >= 0.6 is 11.8 Å². The van der Waals surface area contributed by atoms with Crippen LogP contribution in [0.1, 0.15) is 54.2 Å². The summed E-state index contributed by atoms with van der Waals surface area (Å²) in [4.78, 5) is 26.8. The number of Topliss-reactive ketones (excluding diaryl/α,β-unsaturated/α-hetero) is 1. The second kappa shape index (κ2) is 11.4. The number of rotatable bonds is 5. The number of nitrogens with one attached hydrogen (secondary N) is 1. The van der Waals surface area contributed by atoms with Crippen molar-refractivity contribution in [1.29, 1.82) is 0 Å². The lowest BCUT2D eigenvalue weighted by Crippen LogP contribution is -2.21. The van der Waals surface area contributed by atoms with Gasteiger partial charge < -0.3 is 14.8 Å². The Morgan fingerprint density at radius 1 is 1.06 bits per heavy atom. The van der Waals surface area contributed by atoms with Gasteiger partial charge in [-0.3, -0.25) is 9.59 Å². The van der Waals surface area contributed by atoms with E-state index in [-0.39, 0.29) is 17.1 Å². The highest BCUT2D eigenvalue weighted by Gasteiger charge is 2.25. The lowest BCUT2D eigenvalue weighted by molar-refractivity contribution is 0.0963. The molecule has 0 atom stereocenters. The highest BCUT2D eigenvalue weighted by atomic mass is 32.2. The summed E-state index contributed by atoms with van der Waals surface area (Å²) in [6.07, 6.45) is 7.08. The van der Waals surface area contributed by atoms with E-state index >= 15 is 0 Å². The lowest BCUT2D eigenvalue weighted by Gasteiger charge is -2.09. The first-order valence-corrected chi connectivity index (χ1v) is 11.9. The van der Waals surface area contributed by atoms with Crippen molar-refractivity contribution >= 4 is 29.5 Å². The Hall–Kier alpha value is -3.77. The molecular formula is C28H27NO4S. The average molecular weight is 474 g/mol. The van der Waals surface area contributed by atoms with Crippen LogP contribution in [0.5, 0.6) is 5.75 Å². The van der Waals surface area contributed by atoms with Gasteiger partial charge in [-0.1, -0.05) is 49.9 Å². The maximum absolute atomic E-state index is 12.6. The molecule has 34 heavy (non-hydrogen) atoms. The average Bonchev–Trinajstić information content (AvgIpc) is 3.45. The van der Waals surface area contributed by atoms with Crippen LogP contribution in [0.25, 0.3) is 17.4 Å². The molecule has 1 aliphatic heterocycles. The lowest BCUT2D eigenvalue weighted by atomic mass is 10.1. The van der Waals surface area contributed by atoms with E-state index in [4.69, 9.17) is 4.42 Å². The van der Waals surface area contributed by atoms with E-state index in [0.717, 1.165) is 4.90 Å². The Kier molecular flexibility index (Phi) is 8.33. The predicted molar refractivity (Wildman–Crippen MR) is 138 cm³/mol. The largest absolute Gasteiger partial charge is 0.507 e. The molecule has 0 spiro atoms. The van der Waals surface area contributed by atoms with Gasteiger partial charge in [-0.25, -0.2) is 0 Å². The molecule has 1 aliphatic rings. The van der Waals surface area contributed by atoms with Crippen molar-refractivity contribution in [2.24, 2.45) is 0 Å². The van der Waals surface area contributed by atoms with Crippen molar-refractivity contribution in [3.05, 3.63) is 100 Å². The standard InChI is InChI=1S/C26H21NO4S.C2H6/c1-3-7-17(4-2)27-26(30)20-14-16(10-12-21(20)28)22-13-11-18(31-22)15-24-25(29)19-8-5-6-9-23(19)32-24;1-2/h3-15,28H,1-2H3,(H,27,30);1-2H3/b7-3-,17-4+,24-15-;. The van der Waals surface area contributed by atoms with Gasteiger partial charge in [0, 0.05) is 21.7 Å². The molecule has 0 fully saturated rings. The van der Waals surface area contributed by atoms with Gasteiger partial charge in [0.15, 0.2) is 0 Å². The Labute approximate surface area is 203 Å². The van der Waals surface area contributed by atoms with Crippen LogP contribution in [-0.2, 0) is 0 Å². The van der Waals surface area contributed by atoms with E-state index in [9.17, 15) is 14.7 Å². The molecule has 174 valence electrons. The summed E-state index contributed by atoms with van der Waals surface area (Å²) in [6, 6.07) is 15.8. The molecule has 4 rings (SSSR count). The third-order valence-electron chi connectivity index (χ3n) is 4.92. The van der Waals surface area contributed by atoms with E-state index in [1.165, 1.54) is 17.8 Å². The van der Waals surface area contributed by atoms with Crippen molar-refractivity contribution in [3.8, 4) is 17.1 Å². The molecule has 2 heterocycles. The van der Waals surface area contributed by atoms with Gasteiger partial charge in [0.2, 0.25) is 5.78 Å². The predicted octanol–water partition coefficient (Wildman–Crippen LogP) is 7.22. The number of furan rings is 1. The van der Waals surface area contributed by atoms with Crippen molar-refractivity contribution in [2.45, 2.75) is 32.6 Å². The topological polar surface area (TPSA) is 79.5 Å². The highest BCUT2D eigenvalue weighted by Crippen LogP contribution is 2.41. The number of phenols is 1. The Bertz CT molecular complexity index is 1300. The third kappa shape index (κ3) is 5.41. The van der Waals surface area contributed by atoms with Crippen LogP contribution < -0.4 is 5.32 Å². The molecule has 5 nitrogen and oxygen atoms in total. The van der Waals surface area contributed by atoms with Gasteiger partial charge in [0.25, 0.3) is 5.91 Å². The van der Waals surface area contributed by atoms with Gasteiger partial charge in [0.05, 0.1) is 10.5 Å². The maximum Gasteiger partial charge on any atom is 0.259 e. The first kappa shape index (κ1) is 24.9. The molecule has 0 unspecified atom stereocenters. The minimum atomic E-state index is -0.421. The number of phenolic OH excluding ortho intramolecular Hbond substituents is 1. The van der Waals surface area contributed by atoms with Crippen molar-refractivity contribution in [1.82, 2.24) is 5.32 Å². The zero-order valence-corrected chi connectivity index (χ0v) is 20.4. The van der Waals surface area contributed by atoms with Crippen LogP contribution in [0.15, 0.2) is 92.7 Å². The van der Waals surface area contributed by atoms with Gasteiger partial charge in [-0.15, -0.1) is 0 Å². The molecule has 2 N–H and O–H groups in total. The number of amides is 1. The maximum atomic E-state index is 12.6. The quantitative estimate of drug-likeness (QED) is 0.302. The van der Waals surface area contributed by atoms with Gasteiger partial charge in [-0.05, 0) is 68.5 Å². The molecule has 0 radical (unpaired) electrons. The number of hydrogen-bond acceptors (Lipinski definition) is 5. The molecule has 3 aromatic rings. The molecular weight excluding hydrogens is 446 g/mol. The van der Waals surface area contributed by atoms with Crippen LogP contribution in [0.4, 0.5) is 0 Å².